The van der Waals surface area contributed by atoms with E-state index in [4.69, 9.17) is 5.73 Å². The molecule has 0 unspecified atom stereocenters. The molecule has 54 valence electrons. The first-order chi connectivity index (χ1) is 4.74. The van der Waals surface area contributed by atoms with Gasteiger partial charge in [0, 0.05) is 7.05 Å². The molecular weight excluding hydrogens is 152 g/mol. The monoisotopic (exact) mass is 158 g/mol. The number of carbonyl (C=O) groups is 1. The lowest BCUT2D eigenvalue weighted by Gasteiger charge is -1.83. The smallest absolute Gasteiger partial charge is 0.279 e. The van der Waals surface area contributed by atoms with E-state index in [1.807, 2.05) is 0 Å². The van der Waals surface area contributed by atoms with Crippen LogP contribution in [0.15, 0.2) is 0 Å². The van der Waals surface area contributed by atoms with Crippen LogP contribution in [0.3, 0.4) is 0 Å². The molecule has 5 nitrogen and oxygen atoms in total. The maximum absolute atomic E-state index is 10.4. The van der Waals surface area contributed by atoms with Gasteiger partial charge in [0.25, 0.3) is 5.91 Å². The van der Waals surface area contributed by atoms with Crippen molar-refractivity contribution in [3.05, 3.63) is 5.01 Å². The van der Waals surface area contributed by atoms with E-state index in [-0.39, 0.29) is 5.01 Å². The summed E-state index contributed by atoms with van der Waals surface area (Å²) in [5.41, 5.74) is 4.92. The molecule has 10 heavy (non-hydrogen) atoms. The zero-order valence-corrected chi connectivity index (χ0v) is 6.10. The Balaban J connectivity index is 2.88. The molecule has 1 aromatic rings. The van der Waals surface area contributed by atoms with Gasteiger partial charge in [-0.3, -0.25) is 4.79 Å². The molecule has 0 spiro atoms. The number of anilines is 1. The van der Waals surface area contributed by atoms with Crippen LogP contribution in [-0.4, -0.2) is 23.2 Å². The minimum absolute atomic E-state index is 0.226. The predicted molar refractivity (Wildman–Crippen MR) is 38.0 cm³/mol. The molecule has 0 aliphatic carbocycles. The Labute approximate surface area is 61.3 Å². The van der Waals surface area contributed by atoms with Crippen molar-refractivity contribution in [3.8, 4) is 0 Å². The van der Waals surface area contributed by atoms with Crippen molar-refractivity contribution in [2.45, 2.75) is 0 Å². The number of amides is 1. The molecule has 6 heteroatoms. The minimum atomic E-state index is -0.543. The van der Waals surface area contributed by atoms with Gasteiger partial charge in [0.2, 0.25) is 10.1 Å². The van der Waals surface area contributed by atoms with Gasteiger partial charge in [-0.2, -0.15) is 0 Å². The van der Waals surface area contributed by atoms with Crippen LogP contribution in [-0.2, 0) is 0 Å². The van der Waals surface area contributed by atoms with E-state index in [9.17, 15) is 4.79 Å². The van der Waals surface area contributed by atoms with E-state index in [0.717, 1.165) is 11.3 Å². The topological polar surface area (TPSA) is 80.9 Å². The Bertz CT molecular complexity index is 245. The lowest BCUT2D eigenvalue weighted by molar-refractivity contribution is 0.0999. The number of nitrogens with two attached hydrogens (primary N) is 1. The first-order valence-electron chi connectivity index (χ1n) is 2.55. The van der Waals surface area contributed by atoms with Crippen molar-refractivity contribution in [1.82, 2.24) is 10.2 Å². The van der Waals surface area contributed by atoms with Crippen molar-refractivity contribution < 1.29 is 4.79 Å². The Hall–Kier alpha value is -1.17. The number of hydrogen-bond donors (Lipinski definition) is 2. The zero-order chi connectivity index (χ0) is 7.56. The van der Waals surface area contributed by atoms with E-state index >= 15 is 0 Å². The maximum atomic E-state index is 10.4. The number of aromatic nitrogens is 2. The summed E-state index contributed by atoms with van der Waals surface area (Å²) >= 11 is 1.13. The van der Waals surface area contributed by atoms with Gasteiger partial charge in [-0.05, 0) is 0 Å². The number of carbonyl (C=O) groups excluding carboxylic acids is 1. The highest BCUT2D eigenvalue weighted by atomic mass is 32.1. The van der Waals surface area contributed by atoms with Gasteiger partial charge >= 0.3 is 0 Å². The van der Waals surface area contributed by atoms with E-state index in [0.29, 0.717) is 5.13 Å². The van der Waals surface area contributed by atoms with Crippen LogP contribution in [0.25, 0.3) is 0 Å². The second-order valence-corrected chi connectivity index (χ2v) is 2.50. The zero-order valence-electron chi connectivity index (χ0n) is 5.29. The average molecular weight is 158 g/mol. The summed E-state index contributed by atoms with van der Waals surface area (Å²) in [6, 6.07) is 0. The second-order valence-electron chi connectivity index (χ2n) is 1.53. The van der Waals surface area contributed by atoms with Gasteiger partial charge in [-0.1, -0.05) is 11.3 Å². The van der Waals surface area contributed by atoms with Crippen LogP contribution in [0.4, 0.5) is 5.13 Å². The van der Waals surface area contributed by atoms with Crippen LogP contribution in [0.5, 0.6) is 0 Å². The van der Waals surface area contributed by atoms with Crippen molar-refractivity contribution in [1.29, 1.82) is 0 Å². The summed E-state index contributed by atoms with van der Waals surface area (Å²) in [5, 5.41) is 10.7. The van der Waals surface area contributed by atoms with E-state index in [1.165, 1.54) is 0 Å². The molecule has 1 rings (SSSR count). The number of nitrogens with zero attached hydrogens (tertiary/aromatic N) is 2. The Morgan fingerprint density at radius 2 is 2.40 bits per heavy atom. The molecule has 0 aliphatic heterocycles. The Kier molecular flexibility index (Phi) is 1.81. The van der Waals surface area contributed by atoms with Gasteiger partial charge in [0.05, 0.1) is 0 Å². The SMILES string of the molecule is CNc1nnc(C(N)=O)s1. The summed E-state index contributed by atoms with van der Waals surface area (Å²) in [6.45, 7) is 0. The third-order valence-corrected chi connectivity index (χ3v) is 1.80. The number of nitrogens with one attached hydrogen (secondary N) is 1. The molecule has 3 N–H and O–H groups in total. The fourth-order valence-electron chi connectivity index (χ4n) is 0.424. The molecule has 0 fully saturated rings. The lowest BCUT2D eigenvalue weighted by Crippen LogP contribution is -2.10. The van der Waals surface area contributed by atoms with Crippen molar-refractivity contribution in [3.63, 3.8) is 0 Å². The number of primary amides is 1. The molecule has 1 amide bonds. The summed E-state index contributed by atoms with van der Waals surface area (Å²) in [4.78, 5) is 10.4. The highest BCUT2D eigenvalue weighted by Crippen LogP contribution is 2.12. The predicted octanol–water partition coefficient (Wildman–Crippen LogP) is -0.321. The molecular formula is C4H6N4OS. The van der Waals surface area contributed by atoms with Gasteiger partial charge < -0.3 is 11.1 Å². The first kappa shape index (κ1) is 6.94. The van der Waals surface area contributed by atoms with Crippen LogP contribution in [0.1, 0.15) is 9.80 Å². The highest BCUT2D eigenvalue weighted by molar-refractivity contribution is 7.17. The number of rotatable bonds is 2. The van der Waals surface area contributed by atoms with E-state index in [1.54, 1.807) is 7.05 Å². The molecule has 0 radical (unpaired) electrons. The van der Waals surface area contributed by atoms with Crippen LogP contribution in [0, 0.1) is 0 Å². The average Bonchev–Trinajstić information content (AvgIpc) is 2.34. The third-order valence-electron chi connectivity index (χ3n) is 0.850. The second kappa shape index (κ2) is 2.61. The van der Waals surface area contributed by atoms with E-state index < -0.39 is 5.91 Å². The molecule has 1 heterocycles. The van der Waals surface area contributed by atoms with Crippen LogP contribution in [0.2, 0.25) is 0 Å². The molecule has 0 bridgehead atoms. The molecule has 0 saturated carbocycles. The largest absolute Gasteiger partial charge is 0.363 e. The lowest BCUT2D eigenvalue weighted by atomic mass is 10.7. The fourth-order valence-corrected chi connectivity index (χ4v) is 0.973. The quantitative estimate of drug-likeness (QED) is 0.618. The molecule has 0 aliphatic rings. The van der Waals surface area contributed by atoms with Crippen molar-refractivity contribution >= 4 is 22.4 Å². The van der Waals surface area contributed by atoms with Crippen LogP contribution >= 0.6 is 11.3 Å². The van der Waals surface area contributed by atoms with Crippen LogP contribution < -0.4 is 11.1 Å². The third kappa shape index (κ3) is 1.21. The van der Waals surface area contributed by atoms with Gasteiger partial charge in [0.15, 0.2) is 0 Å². The molecule has 0 saturated heterocycles. The Morgan fingerprint density at radius 3 is 2.70 bits per heavy atom. The summed E-state index contributed by atoms with van der Waals surface area (Å²) < 4.78 is 0. The molecule has 0 atom stereocenters. The van der Waals surface area contributed by atoms with Gasteiger partial charge in [-0.15, -0.1) is 10.2 Å². The molecule has 1 aromatic heterocycles. The fraction of sp³-hybridized carbons (Fsp3) is 0.250. The number of hydrogen-bond acceptors (Lipinski definition) is 5. The summed E-state index contributed by atoms with van der Waals surface area (Å²) in [7, 11) is 1.70. The summed E-state index contributed by atoms with van der Waals surface area (Å²) in [6.07, 6.45) is 0. The van der Waals surface area contributed by atoms with Gasteiger partial charge in [0.1, 0.15) is 0 Å². The standard InChI is InChI=1S/C4H6N4OS/c1-6-4-8-7-3(10-4)2(5)9/h1H3,(H2,5,9)(H,6,8). The normalized spacial score (nSPS) is 9.30. The van der Waals surface area contributed by atoms with Crippen molar-refractivity contribution in [2.75, 3.05) is 12.4 Å². The molecule has 0 aromatic carbocycles. The summed E-state index contributed by atoms with van der Waals surface area (Å²) in [5.74, 6) is -0.543. The van der Waals surface area contributed by atoms with E-state index in [2.05, 4.69) is 15.5 Å². The van der Waals surface area contributed by atoms with Crippen molar-refractivity contribution in [2.24, 2.45) is 5.73 Å². The maximum Gasteiger partial charge on any atom is 0.279 e. The highest BCUT2D eigenvalue weighted by Gasteiger charge is 2.06. The Morgan fingerprint density at radius 1 is 1.70 bits per heavy atom. The first-order valence-corrected chi connectivity index (χ1v) is 3.36. The van der Waals surface area contributed by atoms with Gasteiger partial charge in [-0.25, -0.2) is 0 Å². The minimum Gasteiger partial charge on any atom is -0.363 e.